The quantitative estimate of drug-likeness (QED) is 0.116. The lowest BCUT2D eigenvalue weighted by atomic mass is 9.89. The highest BCUT2D eigenvalue weighted by Crippen LogP contribution is 2.39. The number of amides is 3. The summed E-state index contributed by atoms with van der Waals surface area (Å²) in [6.45, 7) is 11.0. The van der Waals surface area contributed by atoms with Crippen LogP contribution in [0.25, 0.3) is 33.6 Å². The number of hydrogen-bond donors (Lipinski definition) is 4. The SMILES string of the molecule is COC(=O)N[C@H](C(=O)N1CCC[C@H]1c1ncc(-c2ccc(-c3ccc4c(c3)CCc3[nH]c([C@@H]5CCCN5C(=O)[C@@H](NC(C)OC)C(C)C)nc3-4)cc2F)[nH]1)C(C)C. The van der Waals surface area contributed by atoms with Gasteiger partial charge in [0.1, 0.15) is 29.7 Å². The van der Waals surface area contributed by atoms with Crippen LogP contribution in [0.4, 0.5) is 9.18 Å². The number of aromatic amines is 2. The molecule has 0 spiro atoms. The summed E-state index contributed by atoms with van der Waals surface area (Å²) < 4.78 is 26.1. The fourth-order valence-corrected chi connectivity index (χ4v) is 8.57. The van der Waals surface area contributed by atoms with E-state index in [1.807, 2.05) is 51.7 Å². The lowest BCUT2D eigenvalue weighted by Crippen LogP contribution is -2.52. The monoisotopic (exact) mass is 782 g/mol. The Hall–Kier alpha value is -5.08. The minimum absolute atomic E-state index is 0.0700. The van der Waals surface area contributed by atoms with E-state index in [0.717, 1.165) is 71.6 Å². The Kier molecular flexibility index (Phi) is 11.8. The summed E-state index contributed by atoms with van der Waals surface area (Å²) in [5.41, 5.74) is 6.77. The van der Waals surface area contributed by atoms with Crippen molar-refractivity contribution in [3.8, 4) is 33.6 Å². The maximum absolute atomic E-state index is 15.9. The van der Waals surface area contributed by atoms with Gasteiger partial charge in [-0.1, -0.05) is 52.0 Å². The molecule has 2 fully saturated rings. The Balaban J connectivity index is 1.07. The fraction of sp³-hybridized carbons (Fsp3) is 0.512. The Morgan fingerprint density at radius 3 is 2.09 bits per heavy atom. The molecule has 5 atom stereocenters. The summed E-state index contributed by atoms with van der Waals surface area (Å²) in [6.07, 6.45) is 5.57. The highest BCUT2D eigenvalue weighted by atomic mass is 19.1. The van der Waals surface area contributed by atoms with Gasteiger partial charge in [0, 0.05) is 37.0 Å². The number of carbonyl (C=O) groups excluding carboxylic acids is 3. The molecule has 14 heteroatoms. The third-order valence-electron chi connectivity index (χ3n) is 11.8. The minimum atomic E-state index is -0.740. The van der Waals surface area contributed by atoms with Gasteiger partial charge in [-0.15, -0.1) is 0 Å². The van der Waals surface area contributed by atoms with Gasteiger partial charge in [0.15, 0.2) is 0 Å². The molecule has 3 amide bonds. The number of nitrogens with one attached hydrogen (secondary N) is 4. The predicted octanol–water partition coefficient (Wildman–Crippen LogP) is 6.69. The zero-order valence-electron chi connectivity index (χ0n) is 33.9. The molecular weight excluding hydrogens is 728 g/mol. The second-order valence-corrected chi connectivity index (χ2v) is 16.2. The van der Waals surface area contributed by atoms with E-state index in [2.05, 4.69) is 37.7 Å². The van der Waals surface area contributed by atoms with Crippen LogP contribution in [0.3, 0.4) is 0 Å². The van der Waals surface area contributed by atoms with Gasteiger partial charge in [0.2, 0.25) is 11.8 Å². The van der Waals surface area contributed by atoms with Crippen molar-refractivity contribution in [2.24, 2.45) is 11.8 Å². The summed E-state index contributed by atoms with van der Waals surface area (Å²) in [4.78, 5) is 59.6. The van der Waals surface area contributed by atoms with Gasteiger partial charge in [-0.05, 0) is 86.1 Å². The lowest BCUT2D eigenvalue weighted by Gasteiger charge is -2.31. The first-order chi connectivity index (χ1) is 27.4. The van der Waals surface area contributed by atoms with Crippen molar-refractivity contribution in [1.82, 2.24) is 40.4 Å². The number of nitrogens with zero attached hydrogens (tertiary/aromatic N) is 4. The van der Waals surface area contributed by atoms with Crippen molar-refractivity contribution in [2.75, 3.05) is 27.3 Å². The van der Waals surface area contributed by atoms with Gasteiger partial charge >= 0.3 is 6.09 Å². The van der Waals surface area contributed by atoms with Gasteiger partial charge < -0.3 is 34.6 Å². The first kappa shape index (κ1) is 40.1. The molecule has 0 saturated carbocycles. The highest BCUT2D eigenvalue weighted by molar-refractivity contribution is 5.86. The number of aryl methyl sites for hydroxylation is 2. The highest BCUT2D eigenvalue weighted by Gasteiger charge is 2.39. The van der Waals surface area contributed by atoms with E-state index in [-0.39, 0.29) is 53.8 Å². The fourth-order valence-electron chi connectivity index (χ4n) is 8.57. The number of H-pyrrole nitrogens is 2. The van der Waals surface area contributed by atoms with E-state index in [1.54, 1.807) is 30.3 Å². The topological polar surface area (TPSA) is 158 Å². The van der Waals surface area contributed by atoms with Crippen molar-refractivity contribution >= 4 is 17.9 Å². The van der Waals surface area contributed by atoms with Gasteiger partial charge in [0.05, 0.1) is 42.8 Å². The first-order valence-corrected chi connectivity index (χ1v) is 20.2. The van der Waals surface area contributed by atoms with E-state index in [9.17, 15) is 14.4 Å². The predicted molar refractivity (Wildman–Crippen MR) is 214 cm³/mol. The third kappa shape index (κ3) is 8.07. The molecule has 0 bridgehead atoms. The normalized spacial score (nSPS) is 19.4. The molecule has 304 valence electrons. The minimum Gasteiger partial charge on any atom is -0.453 e. The van der Waals surface area contributed by atoms with Crippen LogP contribution in [-0.2, 0) is 31.9 Å². The standard InChI is InChI=1S/C43H55FN8O5/c1-23(2)36(46-25(5)56-6)41(53)52-19-9-11-35(52)40-47-32-17-14-28-20-26(12-15-29(28)38(32)49-40)27-13-16-30(31(44)21-27)33-22-45-39(48-33)34-10-8-18-51(34)42(54)37(24(3)4)50-43(55)57-7/h12-13,15-16,20-25,34-37,46H,8-11,14,17-19H2,1-7H3,(H,45,48)(H,47,49)(H,50,55)/t25?,34-,35-,36-,37-/m0/s1. The van der Waals surface area contributed by atoms with E-state index in [0.29, 0.717) is 36.6 Å². The maximum Gasteiger partial charge on any atom is 0.407 e. The molecule has 4 heterocycles. The Labute approximate surface area is 333 Å². The number of methoxy groups -OCH3 is 2. The molecule has 2 aromatic carbocycles. The molecule has 57 heavy (non-hydrogen) atoms. The third-order valence-corrected chi connectivity index (χ3v) is 11.8. The van der Waals surface area contributed by atoms with Crippen molar-refractivity contribution in [1.29, 1.82) is 0 Å². The molecule has 2 aliphatic heterocycles. The van der Waals surface area contributed by atoms with Crippen molar-refractivity contribution in [3.63, 3.8) is 0 Å². The number of benzene rings is 2. The Bertz CT molecular complexity index is 2110. The molecule has 4 aromatic rings. The van der Waals surface area contributed by atoms with Crippen LogP contribution in [0, 0.1) is 17.7 Å². The lowest BCUT2D eigenvalue weighted by molar-refractivity contribution is -0.137. The zero-order valence-corrected chi connectivity index (χ0v) is 33.9. The summed E-state index contributed by atoms with van der Waals surface area (Å²) in [7, 11) is 2.90. The molecule has 7 rings (SSSR count). The second-order valence-electron chi connectivity index (χ2n) is 16.2. The van der Waals surface area contributed by atoms with Crippen molar-refractivity contribution in [3.05, 3.63) is 71.3 Å². The number of likely N-dealkylation sites (tertiary alicyclic amines) is 2. The van der Waals surface area contributed by atoms with Crippen LogP contribution in [0.5, 0.6) is 0 Å². The number of imidazole rings is 2. The average molecular weight is 783 g/mol. The van der Waals surface area contributed by atoms with Gasteiger partial charge in [0.25, 0.3) is 0 Å². The van der Waals surface area contributed by atoms with Crippen molar-refractivity contribution in [2.45, 2.75) is 104 Å². The van der Waals surface area contributed by atoms with Crippen LogP contribution < -0.4 is 10.6 Å². The number of hydrogen-bond acceptors (Lipinski definition) is 8. The summed E-state index contributed by atoms with van der Waals surface area (Å²) >= 11 is 0. The van der Waals surface area contributed by atoms with Crippen LogP contribution in [-0.4, -0.2) is 93.3 Å². The molecule has 0 radical (unpaired) electrons. The molecule has 3 aliphatic rings. The molecule has 2 aromatic heterocycles. The Morgan fingerprint density at radius 2 is 1.46 bits per heavy atom. The summed E-state index contributed by atoms with van der Waals surface area (Å²) in [5, 5.41) is 6.01. The average Bonchev–Trinajstić information content (AvgIpc) is 4.04. The van der Waals surface area contributed by atoms with E-state index < -0.39 is 12.1 Å². The van der Waals surface area contributed by atoms with E-state index in [1.165, 1.54) is 7.11 Å². The van der Waals surface area contributed by atoms with E-state index in [4.69, 9.17) is 14.5 Å². The van der Waals surface area contributed by atoms with Crippen LogP contribution >= 0.6 is 0 Å². The summed E-state index contributed by atoms with van der Waals surface area (Å²) in [6, 6.07) is 9.90. The molecule has 4 N–H and O–H groups in total. The molecule has 1 aliphatic carbocycles. The van der Waals surface area contributed by atoms with Crippen molar-refractivity contribution < 1.29 is 28.2 Å². The number of ether oxygens (including phenoxy) is 2. The number of halogens is 1. The number of alkyl carbamates (subject to hydrolysis) is 1. The van der Waals surface area contributed by atoms with E-state index >= 15 is 4.39 Å². The van der Waals surface area contributed by atoms with Crippen LogP contribution in [0.15, 0.2) is 42.6 Å². The van der Waals surface area contributed by atoms with Crippen LogP contribution in [0.1, 0.15) is 95.3 Å². The number of fused-ring (bicyclic) bond motifs is 3. The first-order valence-electron chi connectivity index (χ1n) is 20.2. The zero-order chi connectivity index (χ0) is 40.5. The molecule has 13 nitrogen and oxygen atoms in total. The van der Waals surface area contributed by atoms with Crippen LogP contribution in [0.2, 0.25) is 0 Å². The number of rotatable bonds is 12. The summed E-state index contributed by atoms with van der Waals surface area (Å²) in [5.74, 6) is 0.840. The number of aromatic nitrogens is 4. The van der Waals surface area contributed by atoms with Gasteiger partial charge in [-0.25, -0.2) is 19.2 Å². The second kappa shape index (κ2) is 16.8. The maximum atomic E-state index is 15.9. The molecule has 1 unspecified atom stereocenters. The van der Waals surface area contributed by atoms with Gasteiger partial charge in [-0.2, -0.15) is 0 Å². The molecular formula is C43H55FN8O5. The molecule has 2 saturated heterocycles. The number of carbonyl (C=O) groups is 3. The smallest absolute Gasteiger partial charge is 0.407 e. The largest absolute Gasteiger partial charge is 0.453 e. The Morgan fingerprint density at radius 1 is 0.825 bits per heavy atom. The van der Waals surface area contributed by atoms with Gasteiger partial charge in [-0.3, -0.25) is 14.9 Å².